The smallest absolute Gasteiger partial charge is 0.170 e. The van der Waals surface area contributed by atoms with Crippen molar-refractivity contribution in [1.29, 1.82) is 0 Å². The first-order valence-corrected chi connectivity index (χ1v) is 8.81. The van der Waals surface area contributed by atoms with E-state index in [4.69, 9.17) is 21.4 Å². The molecular formula is C20H19N3O2S. The van der Waals surface area contributed by atoms with Crippen molar-refractivity contribution in [2.24, 2.45) is 0 Å². The molecule has 1 saturated heterocycles. The van der Waals surface area contributed by atoms with Gasteiger partial charge in [-0.05, 0) is 54.2 Å². The van der Waals surface area contributed by atoms with Crippen LogP contribution in [-0.2, 0) is 6.54 Å². The van der Waals surface area contributed by atoms with Crippen molar-refractivity contribution >= 4 is 17.3 Å². The number of nitrogens with zero attached hydrogens (tertiary/aromatic N) is 2. The van der Waals surface area contributed by atoms with Crippen molar-refractivity contribution in [3.8, 4) is 5.75 Å². The lowest BCUT2D eigenvalue weighted by Crippen LogP contribution is -2.29. The first-order valence-electron chi connectivity index (χ1n) is 8.40. The molecule has 4 rings (SSSR count). The molecule has 132 valence electrons. The molecule has 0 amide bonds. The van der Waals surface area contributed by atoms with Gasteiger partial charge in [0.2, 0.25) is 0 Å². The number of hydrogen-bond donors (Lipinski definition) is 1. The van der Waals surface area contributed by atoms with Gasteiger partial charge in [-0.2, -0.15) is 0 Å². The predicted octanol–water partition coefficient (Wildman–Crippen LogP) is 3.86. The number of pyridine rings is 1. The molecular weight excluding hydrogens is 346 g/mol. The Morgan fingerprint density at radius 2 is 2.00 bits per heavy atom. The van der Waals surface area contributed by atoms with E-state index in [0.717, 1.165) is 22.8 Å². The Bertz CT molecular complexity index is 866. The van der Waals surface area contributed by atoms with E-state index in [0.29, 0.717) is 11.7 Å². The number of nitrogens with one attached hydrogen (secondary N) is 1. The van der Waals surface area contributed by atoms with Crippen LogP contribution in [0.25, 0.3) is 0 Å². The van der Waals surface area contributed by atoms with Crippen molar-refractivity contribution in [3.63, 3.8) is 0 Å². The minimum atomic E-state index is -0.0619. The van der Waals surface area contributed by atoms with Crippen LogP contribution in [-0.4, -0.2) is 22.1 Å². The second kappa shape index (κ2) is 7.17. The number of ether oxygens (including phenoxy) is 1. The molecule has 0 aliphatic carbocycles. The fraction of sp³-hybridized carbons (Fsp3) is 0.200. The summed E-state index contributed by atoms with van der Waals surface area (Å²) in [5, 5.41) is 4.10. The van der Waals surface area contributed by atoms with E-state index >= 15 is 0 Å². The van der Waals surface area contributed by atoms with Crippen LogP contribution in [0.15, 0.2) is 71.5 Å². The fourth-order valence-corrected chi connectivity index (χ4v) is 3.58. The average molecular weight is 365 g/mol. The highest BCUT2D eigenvalue weighted by Gasteiger charge is 2.41. The van der Waals surface area contributed by atoms with E-state index in [1.54, 1.807) is 19.6 Å². The van der Waals surface area contributed by atoms with Gasteiger partial charge in [-0.3, -0.25) is 4.98 Å². The first kappa shape index (κ1) is 16.6. The molecule has 1 N–H and O–H groups in total. The molecule has 2 atom stereocenters. The third-order valence-electron chi connectivity index (χ3n) is 4.54. The molecule has 1 aliphatic heterocycles. The van der Waals surface area contributed by atoms with E-state index in [1.807, 2.05) is 42.5 Å². The van der Waals surface area contributed by atoms with Gasteiger partial charge >= 0.3 is 0 Å². The van der Waals surface area contributed by atoms with Crippen molar-refractivity contribution < 1.29 is 9.15 Å². The zero-order chi connectivity index (χ0) is 17.9. The van der Waals surface area contributed by atoms with Crippen LogP contribution in [0.5, 0.6) is 5.75 Å². The number of hydrogen-bond acceptors (Lipinski definition) is 4. The van der Waals surface area contributed by atoms with E-state index < -0.39 is 0 Å². The summed E-state index contributed by atoms with van der Waals surface area (Å²) in [6.07, 6.45) is 3.49. The second-order valence-electron chi connectivity index (χ2n) is 6.12. The summed E-state index contributed by atoms with van der Waals surface area (Å²) in [6.45, 7) is 0.671. The van der Waals surface area contributed by atoms with Gasteiger partial charge < -0.3 is 19.4 Å². The standard InChI is InChI=1S/C20H19N3O2S/c1-24-15-9-7-14(8-10-15)13-23-19(17-6-4-12-25-17)18(22-20(23)26)16-5-2-3-11-21-16/h2-12,18-19H,13H2,1H3,(H,22,26)/t18-,19+/m1/s1. The van der Waals surface area contributed by atoms with Crippen LogP contribution in [0.3, 0.4) is 0 Å². The van der Waals surface area contributed by atoms with Crippen LogP contribution < -0.4 is 10.1 Å². The van der Waals surface area contributed by atoms with E-state index in [-0.39, 0.29) is 12.1 Å². The van der Waals surface area contributed by atoms with E-state index in [2.05, 4.69) is 27.3 Å². The Kier molecular flexibility index (Phi) is 4.58. The number of aromatic nitrogens is 1. The van der Waals surface area contributed by atoms with E-state index in [1.165, 1.54) is 0 Å². The summed E-state index contributed by atoms with van der Waals surface area (Å²) in [6, 6.07) is 17.7. The number of methoxy groups -OCH3 is 1. The topological polar surface area (TPSA) is 50.5 Å². The zero-order valence-corrected chi connectivity index (χ0v) is 15.1. The molecule has 3 aromatic rings. The lowest BCUT2D eigenvalue weighted by molar-refractivity contribution is 0.267. The monoisotopic (exact) mass is 365 g/mol. The molecule has 0 unspecified atom stereocenters. The summed E-state index contributed by atoms with van der Waals surface area (Å²) >= 11 is 5.64. The fourth-order valence-electron chi connectivity index (χ4n) is 3.27. The van der Waals surface area contributed by atoms with E-state index in [9.17, 15) is 0 Å². The molecule has 5 nitrogen and oxygen atoms in total. The van der Waals surface area contributed by atoms with Gasteiger partial charge in [0, 0.05) is 12.7 Å². The normalized spacial score (nSPS) is 19.4. The molecule has 0 radical (unpaired) electrons. The van der Waals surface area contributed by atoms with Crippen molar-refractivity contribution in [2.75, 3.05) is 7.11 Å². The lowest BCUT2D eigenvalue weighted by Gasteiger charge is -2.26. The first-order chi connectivity index (χ1) is 12.8. The molecule has 0 bridgehead atoms. The highest BCUT2D eigenvalue weighted by molar-refractivity contribution is 7.80. The van der Waals surface area contributed by atoms with Crippen LogP contribution in [0.4, 0.5) is 0 Å². The van der Waals surface area contributed by atoms with Gasteiger partial charge in [0.15, 0.2) is 5.11 Å². The predicted molar refractivity (Wildman–Crippen MR) is 103 cm³/mol. The van der Waals surface area contributed by atoms with Crippen LogP contribution in [0, 0.1) is 0 Å². The molecule has 0 saturated carbocycles. The summed E-state index contributed by atoms with van der Waals surface area (Å²) < 4.78 is 11.0. The number of rotatable bonds is 5. The largest absolute Gasteiger partial charge is 0.497 e. The number of benzene rings is 1. The third-order valence-corrected chi connectivity index (χ3v) is 4.90. The Morgan fingerprint density at radius 1 is 1.15 bits per heavy atom. The minimum Gasteiger partial charge on any atom is -0.497 e. The Hall–Kier alpha value is -2.86. The quantitative estimate of drug-likeness (QED) is 0.693. The molecule has 2 aromatic heterocycles. The van der Waals surface area contributed by atoms with Crippen molar-refractivity contribution in [1.82, 2.24) is 15.2 Å². The summed E-state index contributed by atoms with van der Waals surface area (Å²) in [5.41, 5.74) is 2.08. The lowest BCUT2D eigenvalue weighted by atomic mass is 10.0. The van der Waals surface area contributed by atoms with Gasteiger partial charge in [0.25, 0.3) is 0 Å². The van der Waals surface area contributed by atoms with Gasteiger partial charge in [-0.25, -0.2) is 0 Å². The van der Waals surface area contributed by atoms with Crippen LogP contribution in [0.2, 0.25) is 0 Å². The summed E-state index contributed by atoms with van der Waals surface area (Å²) in [7, 11) is 1.67. The second-order valence-corrected chi connectivity index (χ2v) is 6.50. The average Bonchev–Trinajstić information content (AvgIpc) is 3.32. The maximum Gasteiger partial charge on any atom is 0.170 e. The van der Waals surface area contributed by atoms with Crippen LogP contribution in [0.1, 0.15) is 29.1 Å². The van der Waals surface area contributed by atoms with Crippen LogP contribution >= 0.6 is 12.2 Å². The van der Waals surface area contributed by atoms with Gasteiger partial charge in [-0.15, -0.1) is 0 Å². The van der Waals surface area contributed by atoms with Crippen molar-refractivity contribution in [3.05, 3.63) is 84.1 Å². The van der Waals surface area contributed by atoms with Crippen molar-refractivity contribution in [2.45, 2.75) is 18.6 Å². The highest BCUT2D eigenvalue weighted by Crippen LogP contribution is 2.39. The Labute approximate surface area is 157 Å². The maximum atomic E-state index is 5.73. The molecule has 26 heavy (non-hydrogen) atoms. The molecule has 6 heteroatoms. The highest BCUT2D eigenvalue weighted by atomic mass is 32.1. The molecule has 3 heterocycles. The van der Waals surface area contributed by atoms with Gasteiger partial charge in [-0.1, -0.05) is 18.2 Å². The molecule has 1 aliphatic rings. The third kappa shape index (κ3) is 3.15. The maximum absolute atomic E-state index is 5.73. The number of thiocarbonyl (C=S) groups is 1. The molecule has 1 aromatic carbocycles. The Balaban J connectivity index is 1.66. The number of furan rings is 1. The molecule has 1 fully saturated rings. The van der Waals surface area contributed by atoms with Gasteiger partial charge in [0.05, 0.1) is 25.1 Å². The van der Waals surface area contributed by atoms with Gasteiger partial charge in [0.1, 0.15) is 17.6 Å². The Morgan fingerprint density at radius 3 is 2.65 bits per heavy atom. The zero-order valence-electron chi connectivity index (χ0n) is 14.3. The molecule has 0 spiro atoms. The minimum absolute atomic E-state index is 0.0606. The summed E-state index contributed by atoms with van der Waals surface area (Å²) in [4.78, 5) is 6.66. The SMILES string of the molecule is COc1ccc(CN2C(=S)N[C@H](c3ccccn3)[C@@H]2c2ccco2)cc1. The summed E-state index contributed by atoms with van der Waals surface area (Å²) in [5.74, 6) is 1.70.